The first kappa shape index (κ1) is 26.6. The predicted octanol–water partition coefficient (Wildman–Crippen LogP) is 5.56. The summed E-state index contributed by atoms with van der Waals surface area (Å²) in [6.07, 6.45) is 7.59. The Kier molecular flexibility index (Phi) is 8.13. The summed E-state index contributed by atoms with van der Waals surface area (Å²) in [6.45, 7) is 1.63. The van der Waals surface area contributed by atoms with Gasteiger partial charge in [0.05, 0.1) is 17.4 Å². The number of fused-ring (bicyclic) bond motifs is 1. The average molecular weight is 533 g/mol. The molecule has 2 heterocycles. The van der Waals surface area contributed by atoms with Crippen molar-refractivity contribution in [3.8, 4) is 11.3 Å². The normalized spacial score (nSPS) is 11.3. The molecule has 1 amide bonds. The number of nitrogens with zero attached hydrogens (tertiary/aromatic N) is 5. The summed E-state index contributed by atoms with van der Waals surface area (Å²) in [5, 5.41) is 15.0. The number of nitrogens with one attached hydrogen (secondary N) is 3. The quantitative estimate of drug-likeness (QED) is 0.203. The Morgan fingerprint density at radius 1 is 0.925 bits per heavy atom. The van der Waals surface area contributed by atoms with E-state index in [0.717, 1.165) is 46.6 Å². The molecule has 9 heteroatoms. The molecule has 5 rings (SSSR count). The molecule has 0 aliphatic rings. The Labute approximate surface area is 233 Å². The van der Waals surface area contributed by atoms with E-state index in [-0.39, 0.29) is 5.91 Å². The molecule has 0 saturated heterocycles. The molecule has 0 bridgehead atoms. The largest absolute Gasteiger partial charge is 0.382 e. The minimum Gasteiger partial charge on any atom is -0.382 e. The molecule has 0 radical (unpaired) electrons. The zero-order valence-electron chi connectivity index (χ0n) is 22.8. The van der Waals surface area contributed by atoms with Crippen LogP contribution in [0, 0.1) is 0 Å². The summed E-state index contributed by atoms with van der Waals surface area (Å²) in [6, 6.07) is 23.0. The van der Waals surface area contributed by atoms with Gasteiger partial charge < -0.3 is 20.9 Å². The van der Waals surface area contributed by atoms with Gasteiger partial charge in [0, 0.05) is 59.8 Å². The molecule has 0 spiro atoms. The van der Waals surface area contributed by atoms with E-state index in [9.17, 15) is 4.79 Å². The van der Waals surface area contributed by atoms with Crippen LogP contribution in [0.15, 0.2) is 97.5 Å². The number of anilines is 4. The Bertz CT molecular complexity index is 1640. The fourth-order valence-electron chi connectivity index (χ4n) is 4.20. The SMILES string of the molecule is CN(C)C/C=C/CNc1ccc(C(=O)Nc2cccc(Nc3cc(-c4ccc5cnn(C)c5c4)ncn3)c2)cc1. The maximum Gasteiger partial charge on any atom is 0.255 e. The van der Waals surface area contributed by atoms with Crippen LogP contribution >= 0.6 is 0 Å². The van der Waals surface area contributed by atoms with E-state index >= 15 is 0 Å². The number of benzene rings is 3. The molecule has 5 aromatic rings. The fraction of sp³-hybridized carbons (Fsp3) is 0.161. The van der Waals surface area contributed by atoms with E-state index in [4.69, 9.17) is 0 Å². The molecule has 0 aliphatic heterocycles. The van der Waals surface area contributed by atoms with Gasteiger partial charge in [-0.25, -0.2) is 9.97 Å². The number of aryl methyl sites for hydroxylation is 1. The first-order valence-electron chi connectivity index (χ1n) is 13.0. The van der Waals surface area contributed by atoms with Crippen molar-refractivity contribution in [2.24, 2.45) is 7.05 Å². The number of amides is 1. The molecule has 3 aromatic carbocycles. The van der Waals surface area contributed by atoms with Gasteiger partial charge in [-0.05, 0) is 62.6 Å². The summed E-state index contributed by atoms with van der Waals surface area (Å²) in [4.78, 5) is 23.8. The van der Waals surface area contributed by atoms with Crippen LogP contribution in [0.4, 0.5) is 22.9 Å². The smallest absolute Gasteiger partial charge is 0.255 e. The van der Waals surface area contributed by atoms with Gasteiger partial charge in [-0.1, -0.05) is 30.4 Å². The summed E-state index contributed by atoms with van der Waals surface area (Å²) in [5.74, 6) is 0.475. The summed E-state index contributed by atoms with van der Waals surface area (Å²) >= 11 is 0. The minimum absolute atomic E-state index is 0.176. The van der Waals surface area contributed by atoms with Gasteiger partial charge in [-0.15, -0.1) is 0 Å². The van der Waals surface area contributed by atoms with Crippen LogP contribution in [0.25, 0.3) is 22.2 Å². The zero-order valence-corrected chi connectivity index (χ0v) is 22.8. The van der Waals surface area contributed by atoms with Crippen molar-refractivity contribution in [1.29, 1.82) is 0 Å². The molecule has 3 N–H and O–H groups in total. The maximum absolute atomic E-state index is 12.9. The van der Waals surface area contributed by atoms with Crippen molar-refractivity contribution in [2.45, 2.75) is 0 Å². The second kappa shape index (κ2) is 12.2. The average Bonchev–Trinajstić information content (AvgIpc) is 3.33. The Morgan fingerprint density at radius 2 is 1.75 bits per heavy atom. The third kappa shape index (κ3) is 6.69. The third-order valence-electron chi connectivity index (χ3n) is 6.31. The summed E-state index contributed by atoms with van der Waals surface area (Å²) in [5.41, 5.74) is 5.83. The topological polar surface area (TPSA) is 100 Å². The van der Waals surface area contributed by atoms with Crippen molar-refractivity contribution in [1.82, 2.24) is 24.6 Å². The zero-order chi connectivity index (χ0) is 27.9. The van der Waals surface area contributed by atoms with Gasteiger partial charge in [0.15, 0.2) is 0 Å². The summed E-state index contributed by atoms with van der Waals surface area (Å²) in [7, 11) is 5.99. The van der Waals surface area contributed by atoms with Crippen molar-refractivity contribution in [3.63, 3.8) is 0 Å². The van der Waals surface area contributed by atoms with Crippen LogP contribution in [0.1, 0.15) is 10.4 Å². The standard InChI is InChI=1S/C31H32N8O/c1-38(2)16-5-4-15-32-25-13-11-22(12-14-25)31(40)37-27-8-6-7-26(18-27)36-30-19-28(33-21-34-30)23-9-10-24-20-35-39(3)29(24)17-23/h4-14,17-21,32H,15-16H2,1-3H3,(H,37,40)(H,33,34,36)/b5-4+. The molecule has 0 unspecified atom stereocenters. The van der Waals surface area contributed by atoms with E-state index in [1.807, 2.05) is 98.8 Å². The van der Waals surface area contributed by atoms with E-state index < -0.39 is 0 Å². The fourth-order valence-corrected chi connectivity index (χ4v) is 4.20. The second-order valence-electron chi connectivity index (χ2n) is 9.68. The van der Waals surface area contributed by atoms with Gasteiger partial charge in [-0.2, -0.15) is 5.10 Å². The number of hydrogen-bond donors (Lipinski definition) is 3. The van der Waals surface area contributed by atoms with E-state index in [2.05, 4.69) is 54.1 Å². The van der Waals surface area contributed by atoms with Crippen molar-refractivity contribution < 1.29 is 4.79 Å². The molecule has 2 aromatic heterocycles. The molecule has 0 fully saturated rings. The van der Waals surface area contributed by atoms with E-state index in [0.29, 0.717) is 17.1 Å². The van der Waals surface area contributed by atoms with Crippen LogP contribution in [-0.4, -0.2) is 57.7 Å². The minimum atomic E-state index is -0.176. The first-order valence-corrected chi connectivity index (χ1v) is 13.0. The molecular weight excluding hydrogens is 500 g/mol. The van der Waals surface area contributed by atoms with E-state index in [1.165, 1.54) is 6.33 Å². The lowest BCUT2D eigenvalue weighted by Crippen LogP contribution is -2.12. The lowest BCUT2D eigenvalue weighted by molar-refractivity contribution is 0.102. The third-order valence-corrected chi connectivity index (χ3v) is 6.31. The Hall–Kier alpha value is -5.02. The van der Waals surface area contributed by atoms with Crippen LogP contribution in [0.2, 0.25) is 0 Å². The number of rotatable bonds is 10. The first-order chi connectivity index (χ1) is 19.4. The van der Waals surface area contributed by atoms with Gasteiger partial charge in [-0.3, -0.25) is 9.48 Å². The highest BCUT2D eigenvalue weighted by molar-refractivity contribution is 6.04. The number of aromatic nitrogens is 4. The van der Waals surface area contributed by atoms with Gasteiger partial charge >= 0.3 is 0 Å². The maximum atomic E-state index is 12.9. The molecule has 9 nitrogen and oxygen atoms in total. The van der Waals surface area contributed by atoms with Crippen molar-refractivity contribution in [2.75, 3.05) is 43.1 Å². The lowest BCUT2D eigenvalue weighted by atomic mass is 10.1. The van der Waals surface area contributed by atoms with Gasteiger partial charge in [0.2, 0.25) is 0 Å². The Balaban J connectivity index is 1.21. The van der Waals surface area contributed by atoms with Crippen LogP contribution < -0.4 is 16.0 Å². The summed E-state index contributed by atoms with van der Waals surface area (Å²) < 4.78 is 1.84. The molecular formula is C31H32N8O. The predicted molar refractivity (Wildman–Crippen MR) is 162 cm³/mol. The van der Waals surface area contributed by atoms with Gasteiger partial charge in [0.25, 0.3) is 5.91 Å². The van der Waals surface area contributed by atoms with Crippen molar-refractivity contribution in [3.05, 3.63) is 103 Å². The number of likely N-dealkylation sites (N-methyl/N-ethyl adjacent to an activating group) is 1. The monoisotopic (exact) mass is 532 g/mol. The molecule has 202 valence electrons. The van der Waals surface area contributed by atoms with Crippen LogP contribution in [-0.2, 0) is 7.05 Å². The number of carbonyl (C=O) groups is 1. The Morgan fingerprint density at radius 3 is 2.58 bits per heavy atom. The highest BCUT2D eigenvalue weighted by Crippen LogP contribution is 2.26. The van der Waals surface area contributed by atoms with Crippen molar-refractivity contribution >= 4 is 39.7 Å². The van der Waals surface area contributed by atoms with E-state index in [1.54, 1.807) is 0 Å². The molecule has 0 aliphatic carbocycles. The lowest BCUT2D eigenvalue weighted by Gasteiger charge is -2.11. The molecule has 0 atom stereocenters. The van der Waals surface area contributed by atoms with Crippen LogP contribution in [0.5, 0.6) is 0 Å². The second-order valence-corrected chi connectivity index (χ2v) is 9.68. The number of hydrogen-bond acceptors (Lipinski definition) is 7. The highest BCUT2D eigenvalue weighted by atomic mass is 16.1. The van der Waals surface area contributed by atoms with Gasteiger partial charge in [0.1, 0.15) is 12.1 Å². The van der Waals surface area contributed by atoms with Crippen LogP contribution in [0.3, 0.4) is 0 Å². The molecule has 0 saturated carbocycles. The highest BCUT2D eigenvalue weighted by Gasteiger charge is 2.09. The molecule has 40 heavy (non-hydrogen) atoms. The number of carbonyl (C=O) groups excluding carboxylic acids is 1.